The van der Waals surface area contributed by atoms with Crippen LogP contribution in [0.2, 0.25) is 0 Å². The van der Waals surface area contributed by atoms with Crippen molar-refractivity contribution in [2.45, 2.75) is 37.1 Å². The number of benzene rings is 1. The van der Waals surface area contributed by atoms with Gasteiger partial charge in [0, 0.05) is 43.6 Å². The van der Waals surface area contributed by atoms with Gasteiger partial charge in [0.25, 0.3) is 0 Å². The topological polar surface area (TPSA) is 79.8 Å². The number of thiazole rings is 1. The highest BCUT2D eigenvalue weighted by Gasteiger charge is 2.55. The van der Waals surface area contributed by atoms with Gasteiger partial charge in [-0.2, -0.15) is 0 Å². The number of rotatable bonds is 7. The second kappa shape index (κ2) is 8.84. The SMILES string of the molecule is COCCN1C(=O)C[C@](CC(=O)N2CCC[C@@H]2c2nccs2)(c2ccccc2F)C1=O. The standard InChI is InChI=1S/C22H24FN3O4S/c1-30-11-10-26-19(28)14-22(21(26)29,15-5-2-3-6-16(15)23)13-18(27)25-9-4-7-17(25)20-24-8-12-31-20/h2-3,5-6,8,12,17H,4,7,9-11,13-14H2,1H3/t17-,22-/m1/s1. The van der Waals surface area contributed by atoms with Crippen molar-refractivity contribution in [2.24, 2.45) is 0 Å². The van der Waals surface area contributed by atoms with Gasteiger partial charge in [-0.15, -0.1) is 11.3 Å². The molecule has 2 aliphatic heterocycles. The zero-order valence-electron chi connectivity index (χ0n) is 17.3. The van der Waals surface area contributed by atoms with Crippen LogP contribution in [0.15, 0.2) is 35.8 Å². The number of nitrogens with zero attached hydrogens (tertiary/aromatic N) is 3. The van der Waals surface area contributed by atoms with Crippen LogP contribution in [0.1, 0.15) is 42.3 Å². The summed E-state index contributed by atoms with van der Waals surface area (Å²) in [5, 5.41) is 2.71. The van der Waals surface area contributed by atoms with Crippen molar-refractivity contribution in [3.05, 3.63) is 52.2 Å². The van der Waals surface area contributed by atoms with E-state index in [0.29, 0.717) is 6.54 Å². The summed E-state index contributed by atoms with van der Waals surface area (Å²) in [6, 6.07) is 5.74. The van der Waals surface area contributed by atoms with Crippen LogP contribution in [0.5, 0.6) is 0 Å². The van der Waals surface area contributed by atoms with E-state index in [1.165, 1.54) is 36.6 Å². The largest absolute Gasteiger partial charge is 0.383 e. The Bertz CT molecular complexity index is 983. The molecule has 4 rings (SSSR count). The number of aromatic nitrogens is 1. The normalized spacial score (nSPS) is 23.7. The maximum atomic E-state index is 14.9. The third kappa shape index (κ3) is 3.87. The van der Waals surface area contributed by atoms with E-state index in [4.69, 9.17) is 4.74 Å². The summed E-state index contributed by atoms with van der Waals surface area (Å²) in [5.41, 5.74) is -1.46. The number of methoxy groups -OCH3 is 1. The van der Waals surface area contributed by atoms with E-state index in [1.807, 2.05) is 5.38 Å². The Labute approximate surface area is 183 Å². The molecule has 1 aromatic carbocycles. The van der Waals surface area contributed by atoms with Gasteiger partial charge >= 0.3 is 0 Å². The molecule has 3 heterocycles. The summed E-state index contributed by atoms with van der Waals surface area (Å²) in [4.78, 5) is 46.8. The molecule has 0 N–H and O–H groups in total. The summed E-state index contributed by atoms with van der Waals surface area (Å²) in [7, 11) is 1.48. The molecule has 1 aromatic heterocycles. The molecule has 2 fully saturated rings. The van der Waals surface area contributed by atoms with Gasteiger partial charge in [0.05, 0.1) is 24.6 Å². The predicted molar refractivity (Wildman–Crippen MR) is 112 cm³/mol. The van der Waals surface area contributed by atoms with E-state index in [0.717, 1.165) is 22.7 Å². The maximum Gasteiger partial charge on any atom is 0.241 e. The van der Waals surface area contributed by atoms with Crippen LogP contribution < -0.4 is 0 Å². The lowest BCUT2D eigenvalue weighted by Crippen LogP contribution is -2.44. The van der Waals surface area contributed by atoms with Crippen molar-refractivity contribution < 1.29 is 23.5 Å². The molecule has 2 atom stereocenters. The summed E-state index contributed by atoms with van der Waals surface area (Å²) in [6.07, 6.45) is 2.82. The lowest BCUT2D eigenvalue weighted by Gasteiger charge is -2.31. The average Bonchev–Trinajstić information content (AvgIpc) is 3.48. The molecule has 2 aromatic rings. The van der Waals surface area contributed by atoms with Gasteiger partial charge < -0.3 is 9.64 Å². The second-order valence-corrected chi connectivity index (χ2v) is 8.80. The smallest absolute Gasteiger partial charge is 0.241 e. The number of amides is 3. The van der Waals surface area contributed by atoms with Crippen LogP contribution in [0.4, 0.5) is 4.39 Å². The van der Waals surface area contributed by atoms with E-state index in [9.17, 15) is 18.8 Å². The van der Waals surface area contributed by atoms with E-state index >= 15 is 0 Å². The van der Waals surface area contributed by atoms with Crippen LogP contribution in [0.3, 0.4) is 0 Å². The number of hydrogen-bond donors (Lipinski definition) is 0. The Morgan fingerprint density at radius 2 is 2.16 bits per heavy atom. The zero-order valence-corrected chi connectivity index (χ0v) is 18.1. The zero-order chi connectivity index (χ0) is 22.0. The quantitative estimate of drug-likeness (QED) is 0.613. The number of imide groups is 1. The molecule has 0 unspecified atom stereocenters. The predicted octanol–water partition coefficient (Wildman–Crippen LogP) is 2.68. The van der Waals surface area contributed by atoms with Gasteiger partial charge in [-0.3, -0.25) is 19.3 Å². The molecule has 0 bridgehead atoms. The third-order valence-corrected chi connectivity index (χ3v) is 6.96. The Balaban J connectivity index is 1.68. The molecular weight excluding hydrogens is 421 g/mol. The molecule has 0 spiro atoms. The van der Waals surface area contributed by atoms with Crippen molar-refractivity contribution in [1.29, 1.82) is 0 Å². The molecule has 3 amide bonds. The molecule has 0 saturated carbocycles. The summed E-state index contributed by atoms with van der Waals surface area (Å²) >= 11 is 1.48. The number of halogens is 1. The highest BCUT2D eigenvalue weighted by atomic mass is 32.1. The first-order chi connectivity index (χ1) is 15.0. The molecular formula is C22H24FN3O4S. The molecule has 0 radical (unpaired) electrons. The summed E-state index contributed by atoms with van der Waals surface area (Å²) in [6.45, 7) is 0.799. The van der Waals surface area contributed by atoms with Crippen LogP contribution in [-0.4, -0.2) is 59.3 Å². The van der Waals surface area contributed by atoms with E-state index in [1.54, 1.807) is 17.2 Å². The van der Waals surface area contributed by atoms with Gasteiger partial charge in [0.15, 0.2) is 0 Å². The fourth-order valence-electron chi connectivity index (χ4n) is 4.58. The van der Waals surface area contributed by atoms with Crippen LogP contribution in [0, 0.1) is 5.82 Å². The second-order valence-electron chi connectivity index (χ2n) is 7.87. The van der Waals surface area contributed by atoms with Crippen LogP contribution in [-0.2, 0) is 24.5 Å². The fourth-order valence-corrected chi connectivity index (χ4v) is 5.37. The minimum absolute atomic E-state index is 0.0734. The van der Waals surface area contributed by atoms with Gasteiger partial charge in [0.1, 0.15) is 10.8 Å². The van der Waals surface area contributed by atoms with Crippen molar-refractivity contribution in [1.82, 2.24) is 14.8 Å². The maximum absolute atomic E-state index is 14.9. The number of carbonyl (C=O) groups is 3. The van der Waals surface area contributed by atoms with E-state index < -0.39 is 23.0 Å². The molecule has 31 heavy (non-hydrogen) atoms. The first-order valence-corrected chi connectivity index (χ1v) is 11.1. The minimum Gasteiger partial charge on any atom is -0.383 e. The van der Waals surface area contributed by atoms with Gasteiger partial charge in [-0.05, 0) is 18.9 Å². The first kappa shape index (κ1) is 21.6. The van der Waals surface area contributed by atoms with Gasteiger partial charge in [-0.1, -0.05) is 18.2 Å². The van der Waals surface area contributed by atoms with Crippen molar-refractivity contribution >= 4 is 29.1 Å². The van der Waals surface area contributed by atoms with Gasteiger partial charge in [0.2, 0.25) is 17.7 Å². The molecule has 2 saturated heterocycles. The van der Waals surface area contributed by atoms with E-state index in [-0.39, 0.29) is 43.5 Å². The highest BCUT2D eigenvalue weighted by molar-refractivity contribution is 7.09. The molecule has 7 nitrogen and oxygen atoms in total. The molecule has 164 valence electrons. The number of hydrogen-bond acceptors (Lipinski definition) is 6. The van der Waals surface area contributed by atoms with E-state index in [2.05, 4.69) is 4.98 Å². The number of carbonyl (C=O) groups excluding carboxylic acids is 3. The van der Waals surface area contributed by atoms with Crippen molar-refractivity contribution in [2.75, 3.05) is 26.8 Å². The average molecular weight is 446 g/mol. The number of likely N-dealkylation sites (tertiary alicyclic amines) is 2. The fraction of sp³-hybridized carbons (Fsp3) is 0.455. The van der Waals surface area contributed by atoms with Crippen molar-refractivity contribution in [3.63, 3.8) is 0 Å². The Kier molecular flexibility index (Phi) is 6.15. The first-order valence-electron chi connectivity index (χ1n) is 10.3. The minimum atomic E-state index is -1.55. The van der Waals surface area contributed by atoms with Gasteiger partial charge in [-0.25, -0.2) is 9.37 Å². The Hall–Kier alpha value is -2.65. The Morgan fingerprint density at radius 3 is 2.87 bits per heavy atom. The number of ether oxygens (including phenoxy) is 1. The lowest BCUT2D eigenvalue weighted by molar-refractivity contribution is -0.143. The monoisotopic (exact) mass is 445 g/mol. The van der Waals surface area contributed by atoms with Crippen molar-refractivity contribution in [3.8, 4) is 0 Å². The molecule has 0 aliphatic carbocycles. The summed E-state index contributed by atoms with van der Waals surface area (Å²) < 4.78 is 19.9. The lowest BCUT2D eigenvalue weighted by atomic mass is 9.75. The molecule has 2 aliphatic rings. The van der Waals surface area contributed by atoms with Crippen LogP contribution in [0.25, 0.3) is 0 Å². The highest BCUT2D eigenvalue weighted by Crippen LogP contribution is 2.43. The Morgan fingerprint density at radius 1 is 1.35 bits per heavy atom. The molecule has 9 heteroatoms. The summed E-state index contributed by atoms with van der Waals surface area (Å²) in [5.74, 6) is -1.83. The van der Waals surface area contributed by atoms with Crippen LogP contribution >= 0.6 is 11.3 Å². The third-order valence-electron chi connectivity index (χ3n) is 6.08.